The summed E-state index contributed by atoms with van der Waals surface area (Å²) in [7, 11) is 0. The van der Waals surface area contributed by atoms with Gasteiger partial charge in [-0.25, -0.2) is 4.79 Å². The molecule has 23 heavy (non-hydrogen) atoms. The van der Waals surface area contributed by atoms with Gasteiger partial charge in [0, 0.05) is 6.08 Å². The maximum Gasteiger partial charge on any atom is 0.335 e. The van der Waals surface area contributed by atoms with Crippen LogP contribution < -0.4 is 4.74 Å². The maximum absolute atomic E-state index is 11.3. The van der Waals surface area contributed by atoms with E-state index < -0.39 is 5.97 Å². The summed E-state index contributed by atoms with van der Waals surface area (Å²) in [6.07, 6.45) is 7.31. The first-order valence-corrected chi connectivity index (χ1v) is 7.91. The molecule has 0 saturated heterocycles. The molecule has 0 aliphatic heterocycles. The van der Waals surface area contributed by atoms with Crippen molar-refractivity contribution >= 4 is 18.1 Å². The van der Waals surface area contributed by atoms with Crippen molar-refractivity contribution in [3.05, 3.63) is 77.4 Å². The molecule has 0 aromatic heterocycles. The Morgan fingerprint density at radius 2 is 1.65 bits per heavy atom. The molecule has 0 heterocycles. The molecular weight excluding hydrogens is 284 g/mol. The molecule has 2 nitrogen and oxygen atoms in total. The van der Waals surface area contributed by atoms with Crippen molar-refractivity contribution in [2.45, 2.75) is 26.7 Å². The molecule has 2 heteroatoms. The van der Waals surface area contributed by atoms with Gasteiger partial charge in [0.2, 0.25) is 0 Å². The third-order valence-electron chi connectivity index (χ3n) is 3.76. The van der Waals surface area contributed by atoms with E-state index >= 15 is 0 Å². The lowest BCUT2D eigenvalue weighted by Crippen LogP contribution is -2.03. The molecule has 0 spiro atoms. The van der Waals surface area contributed by atoms with Crippen LogP contribution in [0, 0.1) is 0 Å². The SMILES string of the molecule is C=CC(=O)Oc1ccc(/C=C/c2ccccc2CC)c(CC)c1. The summed E-state index contributed by atoms with van der Waals surface area (Å²) in [6.45, 7) is 7.66. The first kappa shape index (κ1) is 16.8. The standard InChI is InChI=1S/C21H22O2/c1-4-16-9-7-8-10-18(16)11-12-19-13-14-20(15-17(19)5-2)23-21(22)6-3/h6-15H,3-5H2,1-2H3/b12-11+. The minimum Gasteiger partial charge on any atom is -0.423 e. The highest BCUT2D eigenvalue weighted by molar-refractivity contribution is 5.83. The number of ether oxygens (including phenoxy) is 1. The Bertz CT molecular complexity index is 726. The zero-order valence-electron chi connectivity index (χ0n) is 13.7. The summed E-state index contributed by atoms with van der Waals surface area (Å²) in [5.74, 6) is 0.116. The van der Waals surface area contributed by atoms with E-state index in [2.05, 4.69) is 56.8 Å². The van der Waals surface area contributed by atoms with Crippen LogP contribution in [0.1, 0.15) is 36.1 Å². The van der Waals surface area contributed by atoms with E-state index in [9.17, 15) is 4.79 Å². The van der Waals surface area contributed by atoms with Gasteiger partial charge in [-0.15, -0.1) is 0 Å². The summed E-state index contributed by atoms with van der Waals surface area (Å²) in [6, 6.07) is 14.1. The second-order valence-electron chi connectivity index (χ2n) is 5.23. The zero-order valence-corrected chi connectivity index (χ0v) is 13.7. The monoisotopic (exact) mass is 306 g/mol. The van der Waals surface area contributed by atoms with Crippen LogP contribution in [-0.4, -0.2) is 5.97 Å². The lowest BCUT2D eigenvalue weighted by Gasteiger charge is -2.08. The van der Waals surface area contributed by atoms with E-state index in [1.165, 1.54) is 17.2 Å². The Labute approximate surface area is 138 Å². The molecule has 2 rings (SSSR count). The minimum absolute atomic E-state index is 0.438. The molecule has 0 N–H and O–H groups in total. The number of esters is 1. The van der Waals surface area contributed by atoms with Crippen molar-refractivity contribution in [3.63, 3.8) is 0 Å². The summed E-state index contributed by atoms with van der Waals surface area (Å²) >= 11 is 0. The van der Waals surface area contributed by atoms with Gasteiger partial charge in [-0.1, -0.05) is 62.9 Å². The predicted molar refractivity (Wildman–Crippen MR) is 96.4 cm³/mol. The summed E-state index contributed by atoms with van der Waals surface area (Å²) < 4.78 is 5.18. The fourth-order valence-corrected chi connectivity index (χ4v) is 2.47. The van der Waals surface area contributed by atoms with Gasteiger partial charge < -0.3 is 4.74 Å². The molecule has 118 valence electrons. The molecule has 2 aromatic rings. The molecule has 0 saturated carbocycles. The zero-order chi connectivity index (χ0) is 16.7. The number of benzene rings is 2. The first-order valence-electron chi connectivity index (χ1n) is 7.91. The number of rotatable bonds is 6. The lowest BCUT2D eigenvalue weighted by molar-refractivity contribution is -0.128. The van der Waals surface area contributed by atoms with Crippen LogP contribution >= 0.6 is 0 Å². The van der Waals surface area contributed by atoms with Crippen LogP contribution in [0.15, 0.2) is 55.1 Å². The molecule has 0 unspecified atom stereocenters. The van der Waals surface area contributed by atoms with Crippen molar-refractivity contribution in [3.8, 4) is 5.75 Å². The molecule has 0 radical (unpaired) electrons. The Morgan fingerprint density at radius 1 is 1.00 bits per heavy atom. The molecule has 0 bridgehead atoms. The van der Waals surface area contributed by atoms with Crippen molar-refractivity contribution in [1.29, 1.82) is 0 Å². The highest BCUT2D eigenvalue weighted by Crippen LogP contribution is 2.22. The van der Waals surface area contributed by atoms with Crippen LogP contribution in [0.25, 0.3) is 12.2 Å². The average molecular weight is 306 g/mol. The first-order chi connectivity index (χ1) is 11.2. The van der Waals surface area contributed by atoms with Crippen LogP contribution in [0.2, 0.25) is 0 Å². The van der Waals surface area contributed by atoms with Crippen LogP contribution in [0.3, 0.4) is 0 Å². The largest absolute Gasteiger partial charge is 0.423 e. The summed E-state index contributed by atoms with van der Waals surface area (Å²) in [5, 5.41) is 0. The maximum atomic E-state index is 11.3. The van der Waals surface area contributed by atoms with Crippen LogP contribution in [-0.2, 0) is 17.6 Å². The van der Waals surface area contributed by atoms with Crippen LogP contribution in [0.5, 0.6) is 5.75 Å². The molecule has 0 aliphatic carbocycles. The third kappa shape index (κ3) is 4.43. The van der Waals surface area contributed by atoms with E-state index in [0.29, 0.717) is 5.75 Å². The average Bonchev–Trinajstić information content (AvgIpc) is 2.60. The Kier molecular flexibility index (Phi) is 5.93. The molecule has 2 aromatic carbocycles. The molecule has 0 amide bonds. The quantitative estimate of drug-likeness (QED) is 0.322. The van der Waals surface area contributed by atoms with E-state index in [0.717, 1.165) is 24.0 Å². The van der Waals surface area contributed by atoms with Crippen molar-refractivity contribution in [1.82, 2.24) is 0 Å². The number of carbonyl (C=O) groups excluding carboxylic acids is 1. The second-order valence-corrected chi connectivity index (χ2v) is 5.23. The third-order valence-corrected chi connectivity index (χ3v) is 3.76. The van der Waals surface area contributed by atoms with Gasteiger partial charge in [0.25, 0.3) is 0 Å². The summed E-state index contributed by atoms with van der Waals surface area (Å²) in [4.78, 5) is 11.3. The highest BCUT2D eigenvalue weighted by Gasteiger charge is 2.04. The molecular formula is C21H22O2. The highest BCUT2D eigenvalue weighted by atomic mass is 16.5. The Hall–Kier alpha value is -2.61. The van der Waals surface area contributed by atoms with E-state index in [1.54, 1.807) is 0 Å². The van der Waals surface area contributed by atoms with E-state index in [1.807, 2.05) is 18.2 Å². The van der Waals surface area contributed by atoms with Gasteiger partial charge in [-0.3, -0.25) is 0 Å². The molecule has 0 fully saturated rings. The molecule has 0 aliphatic rings. The Morgan fingerprint density at radius 3 is 2.30 bits per heavy atom. The van der Waals surface area contributed by atoms with Gasteiger partial charge >= 0.3 is 5.97 Å². The van der Waals surface area contributed by atoms with Crippen molar-refractivity contribution in [2.75, 3.05) is 0 Å². The van der Waals surface area contributed by atoms with Gasteiger partial charge in [0.15, 0.2) is 0 Å². The number of hydrogen-bond acceptors (Lipinski definition) is 2. The van der Waals surface area contributed by atoms with Gasteiger partial charge in [0.05, 0.1) is 0 Å². The fourth-order valence-electron chi connectivity index (χ4n) is 2.47. The smallest absolute Gasteiger partial charge is 0.335 e. The Balaban J connectivity index is 2.27. The number of hydrogen-bond donors (Lipinski definition) is 0. The van der Waals surface area contributed by atoms with Crippen molar-refractivity contribution < 1.29 is 9.53 Å². The number of carbonyl (C=O) groups is 1. The van der Waals surface area contributed by atoms with Crippen LogP contribution in [0.4, 0.5) is 0 Å². The minimum atomic E-state index is -0.438. The number of aryl methyl sites for hydroxylation is 2. The van der Waals surface area contributed by atoms with Gasteiger partial charge in [-0.2, -0.15) is 0 Å². The van der Waals surface area contributed by atoms with E-state index in [4.69, 9.17) is 4.74 Å². The van der Waals surface area contributed by atoms with Gasteiger partial charge in [0.1, 0.15) is 5.75 Å². The molecule has 0 atom stereocenters. The van der Waals surface area contributed by atoms with Crippen molar-refractivity contribution in [2.24, 2.45) is 0 Å². The fraction of sp³-hybridized carbons (Fsp3) is 0.190. The van der Waals surface area contributed by atoms with E-state index in [-0.39, 0.29) is 0 Å². The predicted octanol–water partition coefficient (Wildman–Crippen LogP) is 5.07. The lowest BCUT2D eigenvalue weighted by atomic mass is 10.0. The van der Waals surface area contributed by atoms with Gasteiger partial charge in [-0.05, 0) is 47.2 Å². The summed E-state index contributed by atoms with van der Waals surface area (Å²) in [5.41, 5.74) is 4.85. The normalized spacial score (nSPS) is 10.7. The second kappa shape index (κ2) is 8.14. The topological polar surface area (TPSA) is 26.3 Å².